The van der Waals surface area contributed by atoms with Crippen LogP contribution in [0.1, 0.15) is 31.5 Å². The molecule has 1 atom stereocenters. The Hall–Kier alpha value is -0.953. The molecule has 2 aliphatic rings. The average Bonchev–Trinajstić information content (AvgIpc) is 2.53. The van der Waals surface area contributed by atoms with Crippen LogP contribution in [0.25, 0.3) is 0 Å². The number of ether oxygens (including phenoxy) is 2. The molecule has 0 aliphatic carbocycles. The number of halogens is 1. The van der Waals surface area contributed by atoms with Gasteiger partial charge in [-0.2, -0.15) is 0 Å². The molecular formula is C19H29ClN2O3Si. The molecule has 1 spiro atoms. The molecule has 1 aromatic rings. The molecule has 3 rings (SSSR count). The molecule has 0 aromatic carbocycles. The Bertz CT molecular complexity index is 703. The Morgan fingerprint density at radius 2 is 2.04 bits per heavy atom. The van der Waals surface area contributed by atoms with E-state index in [1.165, 1.54) is 0 Å². The van der Waals surface area contributed by atoms with E-state index in [2.05, 4.69) is 24.6 Å². The number of amides is 1. The van der Waals surface area contributed by atoms with E-state index < -0.39 is 19.0 Å². The zero-order valence-electron chi connectivity index (χ0n) is 16.4. The number of pyridine rings is 1. The Morgan fingerprint density at radius 3 is 2.58 bits per heavy atom. The molecule has 26 heavy (non-hydrogen) atoms. The summed E-state index contributed by atoms with van der Waals surface area (Å²) in [5.74, 6) is 0.0542. The molecule has 7 heteroatoms. The predicted molar refractivity (Wildman–Crippen MR) is 105 cm³/mol. The molecule has 1 unspecified atom stereocenters. The molecule has 0 N–H and O–H groups in total. The van der Waals surface area contributed by atoms with Gasteiger partial charge >= 0.3 is 0 Å². The largest absolute Gasteiger partial charge is 0.376 e. The second-order valence-electron chi connectivity index (χ2n) is 8.82. The molecule has 1 aromatic heterocycles. The van der Waals surface area contributed by atoms with Gasteiger partial charge in [-0.25, -0.2) is 4.98 Å². The van der Waals surface area contributed by atoms with E-state index in [1.807, 2.05) is 24.8 Å². The second kappa shape index (κ2) is 6.89. The standard InChI is InChI=1S/C19H29ClN2O3Si/c1-6-18(2)16-14(7-8-15(20)21-16)19(11-25-12-19)22(17(18)23)13-24-9-10-26(3,4)5/h7-8H,6,9-13H2,1-5H3. The summed E-state index contributed by atoms with van der Waals surface area (Å²) >= 11 is 6.16. The first-order valence-corrected chi connectivity index (χ1v) is 13.4. The van der Waals surface area contributed by atoms with Crippen molar-refractivity contribution in [1.29, 1.82) is 0 Å². The third-order valence-corrected chi connectivity index (χ3v) is 7.64. The molecule has 0 radical (unpaired) electrons. The first-order chi connectivity index (χ1) is 12.1. The zero-order chi connectivity index (χ0) is 19.2. The van der Waals surface area contributed by atoms with Crippen molar-refractivity contribution in [2.75, 3.05) is 26.6 Å². The van der Waals surface area contributed by atoms with E-state index >= 15 is 0 Å². The number of carbonyl (C=O) groups is 1. The van der Waals surface area contributed by atoms with Crippen molar-refractivity contribution in [1.82, 2.24) is 9.88 Å². The molecule has 144 valence electrons. The number of fused-ring (bicyclic) bond motifs is 2. The van der Waals surface area contributed by atoms with Crippen LogP contribution < -0.4 is 0 Å². The molecule has 0 bridgehead atoms. The zero-order valence-corrected chi connectivity index (χ0v) is 18.2. The van der Waals surface area contributed by atoms with Crippen LogP contribution in [0, 0.1) is 0 Å². The highest BCUT2D eigenvalue weighted by Crippen LogP contribution is 2.48. The summed E-state index contributed by atoms with van der Waals surface area (Å²) in [5.41, 5.74) is 0.672. The van der Waals surface area contributed by atoms with Crippen LogP contribution in [0.5, 0.6) is 0 Å². The first kappa shape index (κ1) is 19.8. The van der Waals surface area contributed by atoms with E-state index in [4.69, 9.17) is 21.1 Å². The maximum Gasteiger partial charge on any atom is 0.237 e. The van der Waals surface area contributed by atoms with Gasteiger partial charge in [-0.05, 0) is 25.5 Å². The van der Waals surface area contributed by atoms with Crippen molar-refractivity contribution in [3.05, 3.63) is 28.5 Å². The second-order valence-corrected chi connectivity index (χ2v) is 14.8. The summed E-state index contributed by atoms with van der Waals surface area (Å²) in [7, 11) is -1.17. The van der Waals surface area contributed by atoms with E-state index in [1.54, 1.807) is 6.07 Å². The SMILES string of the molecule is CCC1(C)C(=O)N(COCC[Si](C)(C)C)C2(COC2)c2ccc(Cl)nc21. The van der Waals surface area contributed by atoms with Crippen molar-refractivity contribution in [2.24, 2.45) is 0 Å². The van der Waals surface area contributed by atoms with Crippen LogP contribution in [0.4, 0.5) is 0 Å². The summed E-state index contributed by atoms with van der Waals surface area (Å²) in [6.07, 6.45) is 0.661. The van der Waals surface area contributed by atoms with Crippen LogP contribution in [-0.2, 0) is 25.2 Å². The number of hydrogen-bond donors (Lipinski definition) is 0. The lowest BCUT2D eigenvalue weighted by Gasteiger charge is -2.56. The highest BCUT2D eigenvalue weighted by Gasteiger charge is 2.58. The van der Waals surface area contributed by atoms with Crippen LogP contribution >= 0.6 is 11.6 Å². The van der Waals surface area contributed by atoms with Crippen LogP contribution in [0.3, 0.4) is 0 Å². The maximum atomic E-state index is 13.5. The lowest BCUT2D eigenvalue weighted by molar-refractivity contribution is -0.197. The lowest BCUT2D eigenvalue weighted by Crippen LogP contribution is -2.68. The van der Waals surface area contributed by atoms with E-state index in [0.717, 1.165) is 17.3 Å². The van der Waals surface area contributed by atoms with E-state index in [-0.39, 0.29) is 5.91 Å². The minimum Gasteiger partial charge on any atom is -0.376 e. The van der Waals surface area contributed by atoms with Crippen LogP contribution in [0.2, 0.25) is 30.8 Å². The third-order valence-electron chi connectivity index (χ3n) is 5.72. The summed E-state index contributed by atoms with van der Waals surface area (Å²) in [5, 5.41) is 0.423. The van der Waals surface area contributed by atoms with Crippen LogP contribution in [-0.4, -0.2) is 50.4 Å². The summed E-state index contributed by atoms with van der Waals surface area (Å²) in [4.78, 5) is 19.9. The third kappa shape index (κ3) is 3.21. The molecule has 5 nitrogen and oxygen atoms in total. The highest BCUT2D eigenvalue weighted by molar-refractivity contribution is 6.76. The van der Waals surface area contributed by atoms with Crippen LogP contribution in [0.15, 0.2) is 12.1 Å². The minimum absolute atomic E-state index is 0.0542. The van der Waals surface area contributed by atoms with Gasteiger partial charge in [0.15, 0.2) is 0 Å². The summed E-state index contributed by atoms with van der Waals surface area (Å²) in [6.45, 7) is 12.9. The van der Waals surface area contributed by atoms with Crippen molar-refractivity contribution in [3.63, 3.8) is 0 Å². The summed E-state index contributed by atoms with van der Waals surface area (Å²) < 4.78 is 11.5. The Labute approximate surface area is 162 Å². The maximum absolute atomic E-state index is 13.5. The lowest BCUT2D eigenvalue weighted by atomic mass is 9.69. The molecule has 0 saturated carbocycles. The summed E-state index contributed by atoms with van der Waals surface area (Å²) in [6, 6.07) is 4.89. The van der Waals surface area contributed by atoms with Gasteiger partial charge in [-0.1, -0.05) is 44.2 Å². The van der Waals surface area contributed by atoms with E-state index in [0.29, 0.717) is 38.1 Å². The molecule has 3 heterocycles. The van der Waals surface area contributed by atoms with Crippen molar-refractivity contribution in [2.45, 2.75) is 56.9 Å². The Morgan fingerprint density at radius 1 is 1.35 bits per heavy atom. The molecular weight excluding hydrogens is 368 g/mol. The molecule has 1 amide bonds. The van der Waals surface area contributed by atoms with Gasteiger partial charge in [-0.15, -0.1) is 0 Å². The smallest absolute Gasteiger partial charge is 0.237 e. The quantitative estimate of drug-likeness (QED) is 0.417. The van der Waals surface area contributed by atoms with Gasteiger partial charge in [-0.3, -0.25) is 4.79 Å². The topological polar surface area (TPSA) is 51.7 Å². The number of nitrogens with zero attached hydrogens (tertiary/aromatic N) is 2. The van der Waals surface area contributed by atoms with Gasteiger partial charge in [0.1, 0.15) is 17.4 Å². The van der Waals surface area contributed by atoms with Crippen molar-refractivity contribution in [3.8, 4) is 0 Å². The Kier molecular flexibility index (Phi) is 5.25. The fourth-order valence-electron chi connectivity index (χ4n) is 3.61. The average molecular weight is 397 g/mol. The predicted octanol–water partition coefficient (Wildman–Crippen LogP) is 3.78. The van der Waals surface area contributed by atoms with E-state index in [9.17, 15) is 4.79 Å². The van der Waals surface area contributed by atoms with Gasteiger partial charge < -0.3 is 14.4 Å². The van der Waals surface area contributed by atoms with Gasteiger partial charge in [0.2, 0.25) is 5.91 Å². The fourth-order valence-corrected chi connectivity index (χ4v) is 4.52. The first-order valence-electron chi connectivity index (χ1n) is 9.29. The molecule has 1 saturated heterocycles. The number of rotatable bonds is 6. The fraction of sp³-hybridized carbons (Fsp3) is 0.684. The normalized spacial score (nSPS) is 24.5. The van der Waals surface area contributed by atoms with Gasteiger partial charge in [0.05, 0.1) is 24.3 Å². The monoisotopic (exact) mass is 396 g/mol. The van der Waals surface area contributed by atoms with Gasteiger partial charge in [0.25, 0.3) is 0 Å². The van der Waals surface area contributed by atoms with Gasteiger partial charge in [0, 0.05) is 20.2 Å². The van der Waals surface area contributed by atoms with Crippen molar-refractivity contribution >= 4 is 25.6 Å². The number of carbonyl (C=O) groups excluding carboxylic acids is 1. The number of aromatic nitrogens is 1. The Balaban J connectivity index is 1.92. The minimum atomic E-state index is -1.17. The van der Waals surface area contributed by atoms with Crippen molar-refractivity contribution < 1.29 is 14.3 Å². The molecule has 2 aliphatic heterocycles. The number of hydrogen-bond acceptors (Lipinski definition) is 4. The molecule has 1 fully saturated rings. The highest BCUT2D eigenvalue weighted by atomic mass is 35.5.